The number of rotatable bonds is 10. The highest BCUT2D eigenvalue weighted by Crippen LogP contribution is 2.42. The van der Waals surface area contributed by atoms with E-state index in [2.05, 4.69) is 12.0 Å². The van der Waals surface area contributed by atoms with E-state index in [-0.39, 0.29) is 42.5 Å². The lowest BCUT2D eigenvalue weighted by Gasteiger charge is -2.40. The van der Waals surface area contributed by atoms with Gasteiger partial charge in [-0.05, 0) is 51.6 Å². The lowest BCUT2D eigenvalue weighted by molar-refractivity contribution is -0.136. The monoisotopic (exact) mass is 604 g/mol. The maximum atomic E-state index is 14.1. The summed E-state index contributed by atoms with van der Waals surface area (Å²) in [6, 6.07) is 11.7. The van der Waals surface area contributed by atoms with Gasteiger partial charge >= 0.3 is 12.1 Å². The number of anilines is 1. The maximum Gasteiger partial charge on any atom is 0.416 e. The highest BCUT2D eigenvalue weighted by atomic mass is 32.1. The van der Waals surface area contributed by atoms with Crippen LogP contribution in [0.25, 0.3) is 5.57 Å². The van der Waals surface area contributed by atoms with Crippen LogP contribution in [0.1, 0.15) is 33.5 Å². The molecular formula is C32H32N2O8S. The van der Waals surface area contributed by atoms with Crippen molar-refractivity contribution in [1.82, 2.24) is 4.90 Å². The summed E-state index contributed by atoms with van der Waals surface area (Å²) in [6.45, 7) is 4.03. The first-order valence-electron chi connectivity index (χ1n) is 13.6. The fraction of sp³-hybridized carbons (Fsp3) is 0.281. The minimum absolute atomic E-state index is 0.0321. The number of carboxylic acids is 1. The SMILES string of the molecule is C=CCOC(=O)N1c2cc(OCc3cccc(CC(=O)O)c3)c(OC)cc2C(=O)N2CC=C(c3ccsc3)C[C@H]2C1OC. The summed E-state index contributed by atoms with van der Waals surface area (Å²) in [5.74, 6) is -0.633. The van der Waals surface area contributed by atoms with E-state index < -0.39 is 24.3 Å². The molecular weight excluding hydrogens is 572 g/mol. The van der Waals surface area contributed by atoms with Crippen molar-refractivity contribution in [2.24, 2.45) is 0 Å². The van der Waals surface area contributed by atoms with Gasteiger partial charge in [-0.25, -0.2) is 9.69 Å². The normalized spacial score (nSPS) is 17.7. The van der Waals surface area contributed by atoms with Gasteiger partial charge in [0, 0.05) is 19.7 Å². The molecule has 1 N–H and O–H groups in total. The van der Waals surface area contributed by atoms with Crippen molar-refractivity contribution in [2.75, 3.05) is 32.3 Å². The van der Waals surface area contributed by atoms with E-state index in [0.717, 1.165) is 16.7 Å². The number of nitrogens with zero attached hydrogens (tertiary/aromatic N) is 2. The average molecular weight is 605 g/mol. The van der Waals surface area contributed by atoms with Crippen LogP contribution in [0.3, 0.4) is 0 Å². The molecule has 2 aromatic carbocycles. The lowest BCUT2D eigenvalue weighted by Crippen LogP contribution is -2.55. The van der Waals surface area contributed by atoms with Gasteiger partial charge in [0.1, 0.15) is 13.2 Å². The molecule has 2 aliphatic rings. The van der Waals surface area contributed by atoms with Crippen molar-refractivity contribution in [3.63, 3.8) is 0 Å². The first-order valence-corrected chi connectivity index (χ1v) is 14.6. The van der Waals surface area contributed by atoms with Gasteiger partial charge in [-0.1, -0.05) is 43.0 Å². The zero-order valence-electron chi connectivity index (χ0n) is 23.9. The Morgan fingerprint density at radius 1 is 1.14 bits per heavy atom. The smallest absolute Gasteiger partial charge is 0.416 e. The van der Waals surface area contributed by atoms with Crippen molar-refractivity contribution in [3.8, 4) is 11.5 Å². The first-order chi connectivity index (χ1) is 20.8. The summed E-state index contributed by atoms with van der Waals surface area (Å²) >= 11 is 1.59. The molecule has 5 rings (SSSR count). The summed E-state index contributed by atoms with van der Waals surface area (Å²) in [7, 11) is 2.97. The summed E-state index contributed by atoms with van der Waals surface area (Å²) in [5.41, 5.74) is 4.01. The summed E-state index contributed by atoms with van der Waals surface area (Å²) < 4.78 is 23.2. The number of thiophene rings is 1. The number of carbonyl (C=O) groups is 3. The van der Waals surface area contributed by atoms with Crippen LogP contribution in [-0.4, -0.2) is 67.6 Å². The average Bonchev–Trinajstić information content (AvgIpc) is 3.53. The van der Waals surface area contributed by atoms with Crippen LogP contribution in [-0.2, 0) is 27.3 Å². The third kappa shape index (κ3) is 6.27. The molecule has 224 valence electrons. The van der Waals surface area contributed by atoms with E-state index in [0.29, 0.717) is 24.3 Å². The number of ether oxygens (including phenoxy) is 4. The molecule has 3 aromatic rings. The summed E-state index contributed by atoms with van der Waals surface area (Å²) in [5, 5.41) is 13.2. The Morgan fingerprint density at radius 3 is 2.65 bits per heavy atom. The number of carboxylic acid groups (broad SMARTS) is 1. The molecule has 2 atom stereocenters. The number of aliphatic carboxylic acids is 1. The van der Waals surface area contributed by atoms with Crippen LogP contribution in [0.5, 0.6) is 11.5 Å². The standard InChI is InChI=1S/C32H32N2O8S/c1-4-11-41-32(38)34-25-17-28(42-18-21-7-5-6-20(13-21)14-29(35)36)27(39-2)16-24(25)30(37)33-10-8-22(23-9-12-43-19-23)15-26(33)31(34)40-3/h4-9,12-13,16-17,19,26,31H,1,10-11,14-15,18H2,2-3H3,(H,35,36)/t26-,31?/m0/s1. The summed E-state index contributed by atoms with van der Waals surface area (Å²) in [4.78, 5) is 41.9. The molecule has 3 heterocycles. The van der Waals surface area contributed by atoms with Crippen LogP contribution in [0.15, 0.2) is 72.0 Å². The number of fused-ring (bicyclic) bond motifs is 2. The number of amides is 2. The van der Waals surface area contributed by atoms with Crippen LogP contribution < -0.4 is 14.4 Å². The molecule has 0 radical (unpaired) electrons. The molecule has 1 unspecified atom stereocenters. The van der Waals surface area contributed by atoms with Crippen molar-refractivity contribution in [3.05, 3.63) is 94.2 Å². The molecule has 0 spiro atoms. The molecule has 10 nitrogen and oxygen atoms in total. The maximum absolute atomic E-state index is 14.1. The van der Waals surface area contributed by atoms with Gasteiger partial charge < -0.3 is 29.0 Å². The van der Waals surface area contributed by atoms with Crippen LogP contribution in [0, 0.1) is 0 Å². The van der Waals surface area contributed by atoms with E-state index in [1.54, 1.807) is 46.6 Å². The Balaban J connectivity index is 1.55. The fourth-order valence-corrected chi connectivity index (χ4v) is 6.10. The molecule has 11 heteroatoms. The van der Waals surface area contributed by atoms with Crippen LogP contribution >= 0.6 is 11.3 Å². The number of hydrogen-bond donors (Lipinski definition) is 1. The zero-order valence-corrected chi connectivity index (χ0v) is 24.7. The van der Waals surface area contributed by atoms with Gasteiger partial charge in [-0.2, -0.15) is 11.3 Å². The predicted molar refractivity (Wildman–Crippen MR) is 162 cm³/mol. The molecule has 0 aliphatic carbocycles. The summed E-state index contributed by atoms with van der Waals surface area (Å²) in [6.07, 6.45) is 2.27. The van der Waals surface area contributed by atoms with Gasteiger partial charge in [0.05, 0.1) is 30.8 Å². The topological polar surface area (TPSA) is 115 Å². The van der Waals surface area contributed by atoms with Crippen molar-refractivity contribution < 1.29 is 38.4 Å². The van der Waals surface area contributed by atoms with Crippen LogP contribution in [0.2, 0.25) is 0 Å². The second-order valence-electron chi connectivity index (χ2n) is 10.0. The van der Waals surface area contributed by atoms with Crippen molar-refractivity contribution in [2.45, 2.75) is 31.7 Å². The molecule has 0 bridgehead atoms. The van der Waals surface area contributed by atoms with Gasteiger partial charge in [0.25, 0.3) is 5.91 Å². The second-order valence-corrected chi connectivity index (χ2v) is 10.8. The third-order valence-corrected chi connectivity index (χ3v) is 8.06. The van der Waals surface area contributed by atoms with Gasteiger partial charge in [-0.15, -0.1) is 0 Å². The lowest BCUT2D eigenvalue weighted by atomic mass is 9.94. The first kappa shape index (κ1) is 29.9. The zero-order chi connectivity index (χ0) is 30.5. The second kappa shape index (κ2) is 13.1. The van der Waals surface area contributed by atoms with Gasteiger partial charge in [-0.3, -0.25) is 9.59 Å². The van der Waals surface area contributed by atoms with Gasteiger partial charge in [0.2, 0.25) is 0 Å². The number of hydrogen-bond acceptors (Lipinski definition) is 8. The molecule has 0 fully saturated rings. The van der Waals surface area contributed by atoms with E-state index >= 15 is 0 Å². The Hall–Kier alpha value is -4.61. The molecule has 0 saturated carbocycles. The number of carbonyl (C=O) groups excluding carboxylic acids is 2. The van der Waals surface area contributed by atoms with Crippen molar-refractivity contribution >= 4 is 40.6 Å². The minimum Gasteiger partial charge on any atom is -0.493 e. The van der Waals surface area contributed by atoms with Crippen molar-refractivity contribution in [1.29, 1.82) is 0 Å². The third-order valence-electron chi connectivity index (χ3n) is 7.38. The van der Waals surface area contributed by atoms with E-state index in [1.165, 1.54) is 25.2 Å². The minimum atomic E-state index is -0.930. The highest BCUT2D eigenvalue weighted by molar-refractivity contribution is 7.08. The van der Waals surface area contributed by atoms with Crippen LogP contribution in [0.4, 0.5) is 10.5 Å². The number of methoxy groups -OCH3 is 2. The fourth-order valence-electron chi connectivity index (χ4n) is 5.42. The molecule has 0 saturated heterocycles. The van der Waals surface area contributed by atoms with Gasteiger partial charge in [0.15, 0.2) is 17.7 Å². The molecule has 2 amide bonds. The van der Waals surface area contributed by atoms with E-state index in [9.17, 15) is 14.4 Å². The Bertz CT molecular complexity index is 1550. The Morgan fingerprint density at radius 2 is 1.95 bits per heavy atom. The molecule has 2 aliphatic heterocycles. The molecule has 1 aromatic heterocycles. The highest BCUT2D eigenvalue weighted by Gasteiger charge is 2.45. The Labute approximate surface area is 253 Å². The molecule has 43 heavy (non-hydrogen) atoms. The largest absolute Gasteiger partial charge is 0.493 e. The quantitative estimate of drug-likeness (QED) is 0.307. The Kier molecular flexibility index (Phi) is 9.13. The van der Waals surface area contributed by atoms with E-state index in [4.69, 9.17) is 24.1 Å². The van der Waals surface area contributed by atoms with E-state index in [1.807, 2.05) is 23.6 Å². The number of benzene rings is 2. The predicted octanol–water partition coefficient (Wildman–Crippen LogP) is 5.38.